The maximum absolute atomic E-state index is 13.3. The second-order valence-electron chi connectivity index (χ2n) is 8.40. The molecule has 3 aromatic carbocycles. The highest BCUT2D eigenvalue weighted by molar-refractivity contribution is 5.85. The number of nitrogens with zero attached hydrogens (tertiary/aromatic N) is 1. The predicted molar refractivity (Wildman–Crippen MR) is 137 cm³/mol. The van der Waals surface area contributed by atoms with Gasteiger partial charge >= 0.3 is 0 Å². The van der Waals surface area contributed by atoms with Gasteiger partial charge in [-0.2, -0.15) is 0 Å². The molecule has 0 amide bonds. The first-order valence-electron chi connectivity index (χ1n) is 10.7. The van der Waals surface area contributed by atoms with E-state index >= 15 is 0 Å². The second-order valence-corrected chi connectivity index (χ2v) is 8.40. The first-order chi connectivity index (χ1) is 15.3. The van der Waals surface area contributed by atoms with Gasteiger partial charge < -0.3 is 20.8 Å². The largest absolute Gasteiger partial charge is 0.394 e. The molecular formula is C27H32ClFN2O2. The molecule has 0 fully saturated rings. The van der Waals surface area contributed by atoms with Gasteiger partial charge in [0.05, 0.1) is 18.8 Å². The Kier molecular flexibility index (Phi) is 9.62. The van der Waals surface area contributed by atoms with E-state index in [1.165, 1.54) is 17.7 Å². The quantitative estimate of drug-likeness (QED) is 0.410. The Morgan fingerprint density at radius 3 is 1.88 bits per heavy atom. The fraction of sp³-hybridized carbons (Fsp3) is 0.259. The Labute approximate surface area is 201 Å². The zero-order valence-corrected chi connectivity index (χ0v) is 19.8. The van der Waals surface area contributed by atoms with Crippen LogP contribution in [-0.2, 0) is 6.54 Å². The van der Waals surface area contributed by atoms with E-state index in [9.17, 15) is 14.6 Å². The van der Waals surface area contributed by atoms with Gasteiger partial charge in [0.25, 0.3) is 0 Å². The molecular weight excluding hydrogens is 439 g/mol. The standard InChI is InChI=1S/C27H31FN2O2.ClH/c1-20(2)30(26-13-11-25(28)12-14-26)17-22-5-9-24(10-6-22)23-7-3-21(4-8-23)15-16-27(29,18-31)19-32;/h3-16,20,31-32H,17-19,29H2,1-2H3;1H/b16-15+;. The van der Waals surface area contributed by atoms with Gasteiger partial charge in [-0.3, -0.25) is 0 Å². The molecule has 0 spiro atoms. The van der Waals surface area contributed by atoms with Crippen molar-refractivity contribution in [2.75, 3.05) is 18.1 Å². The van der Waals surface area contributed by atoms with E-state index in [1.54, 1.807) is 12.2 Å². The summed E-state index contributed by atoms with van der Waals surface area (Å²) < 4.78 is 13.3. The van der Waals surface area contributed by atoms with Gasteiger partial charge in [0.15, 0.2) is 0 Å². The first-order valence-corrected chi connectivity index (χ1v) is 10.7. The minimum atomic E-state index is -1.12. The summed E-state index contributed by atoms with van der Waals surface area (Å²) in [5, 5.41) is 18.6. The summed E-state index contributed by atoms with van der Waals surface area (Å²) in [4.78, 5) is 2.24. The molecule has 0 bridgehead atoms. The third-order valence-corrected chi connectivity index (χ3v) is 5.53. The fourth-order valence-corrected chi connectivity index (χ4v) is 3.41. The number of benzene rings is 3. The summed E-state index contributed by atoms with van der Waals surface area (Å²) in [5.74, 6) is -0.229. The van der Waals surface area contributed by atoms with Gasteiger partial charge in [0, 0.05) is 18.3 Å². The van der Waals surface area contributed by atoms with Gasteiger partial charge in [-0.1, -0.05) is 60.7 Å². The van der Waals surface area contributed by atoms with Crippen LogP contribution >= 0.6 is 12.4 Å². The van der Waals surface area contributed by atoms with Crippen molar-refractivity contribution in [2.24, 2.45) is 5.73 Å². The summed E-state index contributed by atoms with van der Waals surface area (Å²) in [6, 6.07) is 23.4. The van der Waals surface area contributed by atoms with Crippen molar-refractivity contribution in [3.63, 3.8) is 0 Å². The van der Waals surface area contributed by atoms with Crippen LogP contribution in [0.5, 0.6) is 0 Å². The molecule has 0 atom stereocenters. The van der Waals surface area contributed by atoms with E-state index in [2.05, 4.69) is 43.0 Å². The van der Waals surface area contributed by atoms with Crippen molar-refractivity contribution < 1.29 is 14.6 Å². The van der Waals surface area contributed by atoms with Crippen molar-refractivity contribution in [2.45, 2.75) is 32.0 Å². The van der Waals surface area contributed by atoms with Gasteiger partial charge in [0.1, 0.15) is 5.82 Å². The van der Waals surface area contributed by atoms with Crippen LogP contribution in [0.25, 0.3) is 17.2 Å². The van der Waals surface area contributed by atoms with Gasteiger partial charge in [-0.15, -0.1) is 12.4 Å². The Bertz CT molecular complexity index is 1020. The average Bonchev–Trinajstić information content (AvgIpc) is 2.82. The van der Waals surface area contributed by atoms with Crippen molar-refractivity contribution in [1.82, 2.24) is 0 Å². The molecule has 0 heterocycles. The predicted octanol–water partition coefficient (Wildman–Crippen LogP) is 5.02. The smallest absolute Gasteiger partial charge is 0.123 e. The third-order valence-electron chi connectivity index (χ3n) is 5.53. The van der Waals surface area contributed by atoms with Gasteiger partial charge in [-0.25, -0.2) is 4.39 Å². The monoisotopic (exact) mass is 470 g/mol. The average molecular weight is 471 g/mol. The van der Waals surface area contributed by atoms with Crippen LogP contribution < -0.4 is 10.6 Å². The summed E-state index contributed by atoms with van der Waals surface area (Å²) in [7, 11) is 0. The third kappa shape index (κ3) is 7.14. The molecule has 33 heavy (non-hydrogen) atoms. The zero-order chi connectivity index (χ0) is 23.1. The number of aliphatic hydroxyl groups excluding tert-OH is 2. The number of aliphatic hydroxyl groups is 2. The Hall–Kier alpha value is -2.70. The minimum Gasteiger partial charge on any atom is -0.394 e. The molecule has 0 radical (unpaired) electrons. The second kappa shape index (κ2) is 12.0. The lowest BCUT2D eigenvalue weighted by Gasteiger charge is -2.29. The highest BCUT2D eigenvalue weighted by Crippen LogP contribution is 2.24. The molecule has 3 rings (SSSR count). The molecule has 0 aliphatic carbocycles. The maximum atomic E-state index is 13.3. The summed E-state index contributed by atoms with van der Waals surface area (Å²) in [5.41, 5.74) is 10.1. The van der Waals surface area contributed by atoms with Crippen molar-refractivity contribution in [3.05, 3.63) is 95.8 Å². The number of anilines is 1. The molecule has 0 aliphatic heterocycles. The first kappa shape index (κ1) is 26.6. The van der Waals surface area contributed by atoms with Crippen LogP contribution in [0, 0.1) is 5.82 Å². The maximum Gasteiger partial charge on any atom is 0.123 e. The molecule has 3 aromatic rings. The van der Waals surface area contributed by atoms with Crippen LogP contribution in [0.3, 0.4) is 0 Å². The lowest BCUT2D eigenvalue weighted by Crippen LogP contribution is -2.45. The summed E-state index contributed by atoms with van der Waals surface area (Å²) >= 11 is 0. The molecule has 0 aromatic heterocycles. The SMILES string of the molecule is CC(C)N(Cc1ccc(-c2ccc(/C=C/C(N)(CO)CO)cc2)cc1)c1ccc(F)cc1.Cl. The van der Waals surface area contributed by atoms with Crippen LogP contribution in [0.15, 0.2) is 78.9 Å². The highest BCUT2D eigenvalue weighted by Gasteiger charge is 2.18. The van der Waals surface area contributed by atoms with E-state index in [1.807, 2.05) is 36.4 Å². The van der Waals surface area contributed by atoms with Crippen molar-refractivity contribution >= 4 is 24.2 Å². The lowest BCUT2D eigenvalue weighted by molar-refractivity contribution is 0.152. The molecule has 6 heteroatoms. The number of rotatable bonds is 9. The van der Waals surface area contributed by atoms with E-state index < -0.39 is 5.54 Å². The van der Waals surface area contributed by atoms with Crippen molar-refractivity contribution in [3.8, 4) is 11.1 Å². The van der Waals surface area contributed by atoms with Crippen LogP contribution in [-0.4, -0.2) is 35.0 Å². The number of hydrogen-bond acceptors (Lipinski definition) is 4. The van der Waals surface area contributed by atoms with E-state index in [-0.39, 0.29) is 37.5 Å². The fourth-order valence-electron chi connectivity index (χ4n) is 3.41. The van der Waals surface area contributed by atoms with Crippen molar-refractivity contribution in [1.29, 1.82) is 0 Å². The molecule has 4 nitrogen and oxygen atoms in total. The molecule has 4 N–H and O–H groups in total. The highest BCUT2D eigenvalue weighted by atomic mass is 35.5. The molecule has 0 saturated heterocycles. The Balaban J connectivity index is 0.00000385. The Morgan fingerprint density at radius 2 is 1.39 bits per heavy atom. The topological polar surface area (TPSA) is 69.7 Å². The number of hydrogen-bond donors (Lipinski definition) is 3. The molecule has 0 aliphatic rings. The lowest BCUT2D eigenvalue weighted by atomic mass is 9.99. The minimum absolute atomic E-state index is 0. The molecule has 176 valence electrons. The van der Waals surface area contributed by atoms with Crippen LogP contribution in [0.1, 0.15) is 25.0 Å². The van der Waals surface area contributed by atoms with E-state index in [0.717, 1.165) is 28.9 Å². The van der Waals surface area contributed by atoms with Crippen LogP contribution in [0.4, 0.5) is 10.1 Å². The number of nitrogens with two attached hydrogens (primary N) is 1. The summed E-state index contributed by atoms with van der Waals surface area (Å²) in [6.45, 7) is 4.36. The normalized spacial score (nSPS) is 11.6. The van der Waals surface area contributed by atoms with E-state index in [0.29, 0.717) is 0 Å². The van der Waals surface area contributed by atoms with Gasteiger partial charge in [-0.05, 0) is 60.4 Å². The van der Waals surface area contributed by atoms with Gasteiger partial charge in [0.2, 0.25) is 0 Å². The van der Waals surface area contributed by atoms with Crippen LogP contribution in [0.2, 0.25) is 0 Å². The molecule has 0 unspecified atom stereocenters. The summed E-state index contributed by atoms with van der Waals surface area (Å²) in [6.07, 6.45) is 3.42. The Morgan fingerprint density at radius 1 is 0.879 bits per heavy atom. The van der Waals surface area contributed by atoms with E-state index in [4.69, 9.17) is 5.73 Å². The molecule has 0 saturated carbocycles. The number of halogens is 2. The zero-order valence-electron chi connectivity index (χ0n) is 19.0.